The summed E-state index contributed by atoms with van der Waals surface area (Å²) in [6.07, 6.45) is 0.830. The quantitative estimate of drug-likeness (QED) is 0.763. The van der Waals surface area contributed by atoms with E-state index in [9.17, 15) is 4.79 Å². The fourth-order valence-corrected chi connectivity index (χ4v) is 2.40. The molecule has 3 heteroatoms. The van der Waals surface area contributed by atoms with E-state index in [4.69, 9.17) is 11.6 Å². The highest BCUT2D eigenvalue weighted by atomic mass is 16.6. The number of hydrogen-bond acceptors (Lipinski definition) is 2. The number of likely N-dealkylation sites (tertiary alicyclic amines) is 1. The van der Waals surface area contributed by atoms with Gasteiger partial charge in [-0.2, -0.15) is 0 Å². The zero-order valence-corrected chi connectivity index (χ0v) is 12.5. The molecule has 1 saturated heterocycles. The minimum absolute atomic E-state index is 0.170. The molecule has 1 aliphatic heterocycles. The molecule has 1 unspecified atom stereocenters. The smallest absolute Gasteiger partial charge is 0.410 e. The van der Waals surface area contributed by atoms with Crippen molar-refractivity contribution in [3.8, 4) is 0 Å². The van der Waals surface area contributed by atoms with Gasteiger partial charge in [-0.3, -0.25) is 0 Å². The molecule has 1 aliphatic rings. The summed E-state index contributed by atoms with van der Waals surface area (Å²) in [5, 5.41) is 0. The minimum Gasteiger partial charge on any atom is -0.444 e. The summed E-state index contributed by atoms with van der Waals surface area (Å²) >= 11 is 0. The Balaban J connectivity index is 2.50. The van der Waals surface area contributed by atoms with Crippen LogP contribution in [-0.4, -0.2) is 23.1 Å². The van der Waals surface area contributed by atoms with E-state index >= 15 is 0 Å². The summed E-state index contributed by atoms with van der Waals surface area (Å²) in [5.41, 5.74) is -0.494. The second kappa shape index (κ2) is 5.86. The summed E-state index contributed by atoms with van der Waals surface area (Å²) in [6.45, 7) is 7.78. The summed E-state index contributed by atoms with van der Waals surface area (Å²) in [5.74, 6) is 0.258. The molecule has 0 aliphatic carbocycles. The highest BCUT2D eigenvalue weighted by Gasteiger charge is 2.33. The Kier molecular flexibility index (Phi) is 2.76. The first-order chi connectivity index (χ1) is 11.4. The Morgan fingerprint density at radius 1 is 1.30 bits per heavy atom. The second-order valence-corrected chi connectivity index (χ2v) is 6.37. The van der Waals surface area contributed by atoms with E-state index < -0.39 is 23.8 Å². The van der Waals surface area contributed by atoms with Crippen LogP contribution in [0, 0.1) is 5.92 Å². The SMILES string of the molecule is [2H]c1c([2H])c([2H])c(C2CC[C@H](C)CN2C(=O)OC(C)(C)C)c([2H])c1[2H]. The predicted molar refractivity (Wildman–Crippen MR) is 80.5 cm³/mol. The summed E-state index contributed by atoms with van der Waals surface area (Å²) in [7, 11) is 0. The molecule has 1 aromatic rings. The van der Waals surface area contributed by atoms with Crippen molar-refractivity contribution in [2.24, 2.45) is 5.92 Å². The standard InChI is InChI=1S/C17H25NO2/c1-13-10-11-15(14-8-6-5-7-9-14)18(12-13)16(19)20-17(2,3)4/h5-9,13,15H,10-12H2,1-4H3/t13-,15?/m0/s1/i5D,6D,7D,8D,9D. The van der Waals surface area contributed by atoms with Gasteiger partial charge < -0.3 is 9.64 Å². The van der Waals surface area contributed by atoms with Crippen LogP contribution < -0.4 is 0 Å². The Hall–Kier alpha value is -1.51. The van der Waals surface area contributed by atoms with Gasteiger partial charge in [-0.15, -0.1) is 0 Å². The van der Waals surface area contributed by atoms with Crippen LogP contribution in [0.4, 0.5) is 4.79 Å². The number of benzene rings is 1. The van der Waals surface area contributed by atoms with Crippen molar-refractivity contribution in [3.05, 3.63) is 35.8 Å². The molecule has 0 saturated carbocycles. The van der Waals surface area contributed by atoms with E-state index in [1.54, 1.807) is 20.8 Å². The first-order valence-corrected chi connectivity index (χ1v) is 7.00. The molecule has 1 heterocycles. The van der Waals surface area contributed by atoms with Crippen molar-refractivity contribution in [2.45, 2.75) is 52.2 Å². The van der Waals surface area contributed by atoms with Crippen LogP contribution in [0.2, 0.25) is 0 Å². The van der Waals surface area contributed by atoms with Crippen molar-refractivity contribution in [2.75, 3.05) is 6.54 Å². The van der Waals surface area contributed by atoms with Crippen LogP contribution in [0.5, 0.6) is 0 Å². The topological polar surface area (TPSA) is 29.5 Å². The van der Waals surface area contributed by atoms with Gasteiger partial charge in [0.2, 0.25) is 0 Å². The van der Waals surface area contributed by atoms with Gasteiger partial charge in [0.25, 0.3) is 0 Å². The average Bonchev–Trinajstić information content (AvgIpc) is 2.50. The lowest BCUT2D eigenvalue weighted by Gasteiger charge is -2.39. The number of hydrogen-bond donors (Lipinski definition) is 0. The van der Waals surface area contributed by atoms with Gasteiger partial charge in [-0.1, -0.05) is 37.1 Å². The second-order valence-electron chi connectivity index (χ2n) is 6.37. The van der Waals surface area contributed by atoms with E-state index in [1.165, 1.54) is 4.90 Å². The molecule has 0 N–H and O–H groups in total. The third-order valence-corrected chi connectivity index (χ3v) is 3.30. The molecule has 1 amide bonds. The summed E-state index contributed by atoms with van der Waals surface area (Å²) in [4.78, 5) is 14.2. The first kappa shape index (κ1) is 9.43. The Bertz CT molecular complexity index is 658. The fraction of sp³-hybridized carbons (Fsp3) is 0.588. The molecular formula is C17H25NO2. The van der Waals surface area contributed by atoms with Gasteiger partial charge in [0.1, 0.15) is 5.60 Å². The summed E-state index contributed by atoms with van der Waals surface area (Å²) in [6, 6.07) is -2.26. The number of ether oxygens (including phenoxy) is 1. The third-order valence-electron chi connectivity index (χ3n) is 3.30. The third kappa shape index (κ3) is 3.75. The largest absolute Gasteiger partial charge is 0.444 e. The molecule has 2 atom stereocenters. The van der Waals surface area contributed by atoms with Crippen molar-refractivity contribution < 1.29 is 16.4 Å². The number of carbonyl (C=O) groups excluding carboxylic acids is 1. The molecule has 0 aromatic heterocycles. The Morgan fingerprint density at radius 3 is 2.55 bits per heavy atom. The van der Waals surface area contributed by atoms with E-state index in [-0.39, 0.29) is 35.7 Å². The van der Waals surface area contributed by atoms with Crippen LogP contribution in [0.1, 0.15) is 59.0 Å². The number of piperidine rings is 1. The first-order valence-electron chi connectivity index (χ1n) is 9.50. The van der Waals surface area contributed by atoms with Crippen LogP contribution in [0.3, 0.4) is 0 Å². The maximum absolute atomic E-state index is 12.7. The van der Waals surface area contributed by atoms with Gasteiger partial charge in [0.15, 0.2) is 0 Å². The number of nitrogens with zero attached hydrogens (tertiary/aromatic N) is 1. The maximum atomic E-state index is 12.7. The molecule has 20 heavy (non-hydrogen) atoms. The van der Waals surface area contributed by atoms with Crippen LogP contribution in [-0.2, 0) is 4.74 Å². The molecule has 110 valence electrons. The number of amides is 1. The average molecular weight is 280 g/mol. The van der Waals surface area contributed by atoms with Gasteiger partial charge in [-0.05, 0) is 45.1 Å². The fourth-order valence-electron chi connectivity index (χ4n) is 2.40. The highest BCUT2D eigenvalue weighted by Crippen LogP contribution is 2.34. The van der Waals surface area contributed by atoms with Gasteiger partial charge in [0.05, 0.1) is 12.9 Å². The lowest BCUT2D eigenvalue weighted by molar-refractivity contribution is 0.00364. The monoisotopic (exact) mass is 280 g/mol. The molecule has 3 nitrogen and oxygen atoms in total. The lowest BCUT2D eigenvalue weighted by atomic mass is 9.90. The highest BCUT2D eigenvalue weighted by molar-refractivity contribution is 5.69. The lowest BCUT2D eigenvalue weighted by Crippen LogP contribution is -2.44. The Morgan fingerprint density at radius 2 is 1.95 bits per heavy atom. The van der Waals surface area contributed by atoms with E-state index in [0.29, 0.717) is 13.0 Å². The molecular weight excluding hydrogens is 250 g/mol. The van der Waals surface area contributed by atoms with Crippen LogP contribution in [0.25, 0.3) is 0 Å². The zero-order valence-electron chi connectivity index (χ0n) is 17.5. The number of carbonyl (C=O) groups is 1. The van der Waals surface area contributed by atoms with E-state index in [2.05, 4.69) is 0 Å². The number of rotatable bonds is 1. The van der Waals surface area contributed by atoms with Crippen LogP contribution >= 0.6 is 0 Å². The molecule has 0 spiro atoms. The van der Waals surface area contributed by atoms with Gasteiger partial charge >= 0.3 is 6.09 Å². The van der Waals surface area contributed by atoms with E-state index in [1.807, 2.05) is 6.92 Å². The van der Waals surface area contributed by atoms with Crippen LogP contribution in [0.15, 0.2) is 30.2 Å². The van der Waals surface area contributed by atoms with Crippen molar-refractivity contribution in [1.29, 1.82) is 0 Å². The molecule has 1 aromatic carbocycles. The van der Waals surface area contributed by atoms with Crippen molar-refractivity contribution in [1.82, 2.24) is 4.90 Å². The molecule has 2 rings (SSSR count). The predicted octanol–water partition coefficient (Wildman–Crippen LogP) is 4.39. The van der Waals surface area contributed by atoms with E-state index in [0.717, 1.165) is 6.42 Å². The normalized spacial score (nSPS) is 27.0. The molecule has 1 fully saturated rings. The minimum atomic E-state index is -0.665. The zero-order chi connectivity index (χ0) is 19.1. The molecule has 0 bridgehead atoms. The van der Waals surface area contributed by atoms with Gasteiger partial charge in [-0.25, -0.2) is 4.79 Å². The summed E-state index contributed by atoms with van der Waals surface area (Å²) < 4.78 is 45.3. The molecule has 0 radical (unpaired) electrons. The van der Waals surface area contributed by atoms with Crippen molar-refractivity contribution >= 4 is 6.09 Å². The van der Waals surface area contributed by atoms with Crippen molar-refractivity contribution in [3.63, 3.8) is 0 Å². The maximum Gasteiger partial charge on any atom is 0.410 e. The Labute approximate surface area is 128 Å². The van der Waals surface area contributed by atoms with Gasteiger partial charge in [0, 0.05) is 6.54 Å².